The predicted molar refractivity (Wildman–Crippen MR) is 76.7 cm³/mol. The van der Waals surface area contributed by atoms with Gasteiger partial charge in [-0.25, -0.2) is 4.98 Å². The molecule has 1 aliphatic rings. The summed E-state index contributed by atoms with van der Waals surface area (Å²) >= 11 is 0. The second-order valence-corrected chi connectivity index (χ2v) is 5.58. The van der Waals surface area contributed by atoms with Gasteiger partial charge in [0.15, 0.2) is 0 Å². The van der Waals surface area contributed by atoms with E-state index in [2.05, 4.69) is 21.1 Å². The minimum Gasteiger partial charge on any atom is -0.346 e. The van der Waals surface area contributed by atoms with Crippen molar-refractivity contribution in [3.8, 4) is 0 Å². The van der Waals surface area contributed by atoms with E-state index in [1.54, 1.807) is 0 Å². The van der Waals surface area contributed by atoms with Crippen LogP contribution < -0.4 is 5.32 Å². The normalized spacial score (nSPS) is 17.9. The largest absolute Gasteiger partial charge is 0.346 e. The lowest BCUT2D eigenvalue weighted by Crippen LogP contribution is -2.41. The van der Waals surface area contributed by atoms with Crippen LogP contribution in [0.1, 0.15) is 34.1 Å². The maximum absolute atomic E-state index is 12.3. The quantitative estimate of drug-likeness (QED) is 0.902. The number of imidazole rings is 1. The number of carbonyl (C=O) groups is 1. The Morgan fingerprint density at radius 3 is 2.90 bits per heavy atom. The highest BCUT2D eigenvalue weighted by Gasteiger charge is 2.22. The first kappa shape index (κ1) is 13.0. The van der Waals surface area contributed by atoms with Gasteiger partial charge in [0.2, 0.25) is 0 Å². The van der Waals surface area contributed by atoms with Gasteiger partial charge in [-0.3, -0.25) is 4.79 Å². The molecular weight excluding hydrogens is 252 g/mol. The second-order valence-electron chi connectivity index (χ2n) is 5.58. The number of hydrogen-bond acceptors (Lipinski definition) is 2. The van der Waals surface area contributed by atoms with Crippen molar-refractivity contribution < 1.29 is 4.79 Å². The monoisotopic (exact) mass is 272 g/mol. The molecule has 0 aromatic carbocycles. The van der Waals surface area contributed by atoms with Crippen LogP contribution in [-0.2, 0) is 20.0 Å². The molecule has 3 heterocycles. The summed E-state index contributed by atoms with van der Waals surface area (Å²) in [6.45, 7) is 4.81. The van der Waals surface area contributed by atoms with Crippen molar-refractivity contribution in [1.29, 1.82) is 0 Å². The molecule has 2 aromatic rings. The molecule has 0 aliphatic carbocycles. The van der Waals surface area contributed by atoms with E-state index < -0.39 is 0 Å². The summed E-state index contributed by atoms with van der Waals surface area (Å²) in [6, 6.07) is 4.02. The summed E-state index contributed by atoms with van der Waals surface area (Å²) in [5, 5.41) is 3.13. The Balaban J connectivity index is 1.70. The molecular formula is C15H20N4O. The van der Waals surface area contributed by atoms with Gasteiger partial charge in [-0.1, -0.05) is 0 Å². The zero-order valence-electron chi connectivity index (χ0n) is 12.2. The van der Waals surface area contributed by atoms with E-state index >= 15 is 0 Å². The smallest absolute Gasteiger partial charge is 0.268 e. The molecule has 1 unspecified atom stereocenters. The summed E-state index contributed by atoms with van der Waals surface area (Å²) in [7, 11) is 1.92. The summed E-state index contributed by atoms with van der Waals surface area (Å²) < 4.78 is 4.07. The first-order chi connectivity index (χ1) is 9.54. The molecule has 0 fully saturated rings. The number of rotatable bonds is 2. The van der Waals surface area contributed by atoms with Crippen LogP contribution >= 0.6 is 0 Å². The fourth-order valence-corrected chi connectivity index (χ4v) is 2.80. The lowest BCUT2D eigenvalue weighted by atomic mass is 10.1. The van der Waals surface area contributed by atoms with Crippen LogP contribution in [0.2, 0.25) is 0 Å². The van der Waals surface area contributed by atoms with Crippen molar-refractivity contribution in [2.45, 2.75) is 39.3 Å². The van der Waals surface area contributed by atoms with E-state index in [4.69, 9.17) is 0 Å². The average Bonchev–Trinajstić information content (AvgIpc) is 2.92. The van der Waals surface area contributed by atoms with Gasteiger partial charge >= 0.3 is 0 Å². The molecule has 0 saturated carbocycles. The molecule has 0 spiro atoms. The van der Waals surface area contributed by atoms with Gasteiger partial charge in [0.25, 0.3) is 5.91 Å². The third-order valence-electron chi connectivity index (χ3n) is 4.05. The predicted octanol–water partition coefficient (Wildman–Crippen LogP) is 1.58. The van der Waals surface area contributed by atoms with Crippen molar-refractivity contribution in [3.05, 3.63) is 41.2 Å². The molecule has 5 nitrogen and oxygen atoms in total. The van der Waals surface area contributed by atoms with Crippen LogP contribution in [-0.4, -0.2) is 26.1 Å². The molecule has 1 atom stereocenters. The molecule has 0 radical (unpaired) electrons. The van der Waals surface area contributed by atoms with Crippen molar-refractivity contribution in [2.24, 2.45) is 7.05 Å². The van der Waals surface area contributed by atoms with Crippen LogP contribution in [0.5, 0.6) is 0 Å². The standard InChI is InChI=1S/C15H20N4O/c1-10-8-19-9-12(5-7-14(19)16-10)17-15(20)13-6-4-11(2)18(13)3/h4,6,8,12H,5,7,9H2,1-3H3,(H,17,20). The summed E-state index contributed by atoms with van der Waals surface area (Å²) in [5.41, 5.74) is 2.85. The Bertz CT molecular complexity index is 653. The molecule has 1 N–H and O–H groups in total. The van der Waals surface area contributed by atoms with Gasteiger partial charge in [-0.05, 0) is 32.4 Å². The number of nitrogens with zero attached hydrogens (tertiary/aromatic N) is 3. The van der Waals surface area contributed by atoms with Crippen molar-refractivity contribution in [1.82, 2.24) is 19.4 Å². The Hall–Kier alpha value is -2.04. The van der Waals surface area contributed by atoms with Gasteiger partial charge < -0.3 is 14.5 Å². The molecule has 106 valence electrons. The fraction of sp³-hybridized carbons (Fsp3) is 0.467. The maximum atomic E-state index is 12.3. The number of aromatic nitrogens is 3. The average molecular weight is 272 g/mol. The minimum absolute atomic E-state index is 0.00545. The van der Waals surface area contributed by atoms with Gasteiger partial charge in [-0.15, -0.1) is 0 Å². The van der Waals surface area contributed by atoms with Crippen molar-refractivity contribution in [2.75, 3.05) is 0 Å². The highest BCUT2D eigenvalue weighted by molar-refractivity contribution is 5.93. The van der Waals surface area contributed by atoms with Crippen molar-refractivity contribution in [3.63, 3.8) is 0 Å². The van der Waals surface area contributed by atoms with Gasteiger partial charge in [0.05, 0.1) is 5.69 Å². The third-order valence-corrected chi connectivity index (χ3v) is 4.05. The van der Waals surface area contributed by atoms with Gasteiger partial charge in [0.1, 0.15) is 11.5 Å². The van der Waals surface area contributed by atoms with E-state index in [0.717, 1.165) is 42.3 Å². The molecule has 3 rings (SSSR count). The summed E-state index contributed by atoms with van der Waals surface area (Å²) in [6.07, 6.45) is 3.93. The van der Waals surface area contributed by atoms with Crippen LogP contribution in [0, 0.1) is 13.8 Å². The number of amides is 1. The maximum Gasteiger partial charge on any atom is 0.268 e. The number of carbonyl (C=O) groups excluding carboxylic acids is 1. The molecule has 1 aliphatic heterocycles. The lowest BCUT2D eigenvalue weighted by molar-refractivity contribution is 0.0919. The van der Waals surface area contributed by atoms with Crippen molar-refractivity contribution >= 4 is 5.91 Å². The van der Waals surface area contributed by atoms with E-state index in [9.17, 15) is 4.79 Å². The number of aryl methyl sites for hydroxylation is 3. The molecule has 0 saturated heterocycles. The highest BCUT2D eigenvalue weighted by atomic mass is 16.2. The van der Waals surface area contributed by atoms with Crippen LogP contribution in [0.25, 0.3) is 0 Å². The number of hydrogen-bond donors (Lipinski definition) is 1. The second kappa shape index (κ2) is 4.81. The Morgan fingerprint density at radius 2 is 2.20 bits per heavy atom. The number of fused-ring (bicyclic) bond motifs is 1. The van der Waals surface area contributed by atoms with Crippen LogP contribution in [0.4, 0.5) is 0 Å². The molecule has 5 heteroatoms. The van der Waals surface area contributed by atoms with Crippen LogP contribution in [0.3, 0.4) is 0 Å². The molecule has 2 aromatic heterocycles. The Labute approximate surface area is 118 Å². The lowest BCUT2D eigenvalue weighted by Gasteiger charge is -2.24. The van der Waals surface area contributed by atoms with E-state index in [-0.39, 0.29) is 11.9 Å². The minimum atomic E-state index is 0.00545. The number of nitrogens with one attached hydrogen (secondary N) is 1. The molecule has 0 bridgehead atoms. The highest BCUT2D eigenvalue weighted by Crippen LogP contribution is 2.16. The van der Waals surface area contributed by atoms with Gasteiger partial charge in [-0.2, -0.15) is 0 Å². The topological polar surface area (TPSA) is 51.9 Å². The summed E-state index contributed by atoms with van der Waals surface area (Å²) in [5.74, 6) is 1.13. The molecule has 1 amide bonds. The Morgan fingerprint density at radius 1 is 1.40 bits per heavy atom. The first-order valence-electron chi connectivity index (χ1n) is 7.00. The zero-order valence-corrected chi connectivity index (χ0v) is 12.2. The van der Waals surface area contributed by atoms with E-state index in [1.807, 2.05) is 37.6 Å². The van der Waals surface area contributed by atoms with E-state index in [0.29, 0.717) is 0 Å². The van der Waals surface area contributed by atoms with Crippen LogP contribution in [0.15, 0.2) is 18.3 Å². The van der Waals surface area contributed by atoms with Gasteiger partial charge in [0, 0.05) is 37.9 Å². The summed E-state index contributed by atoms with van der Waals surface area (Å²) in [4.78, 5) is 16.8. The van der Waals surface area contributed by atoms with E-state index in [1.165, 1.54) is 0 Å². The fourth-order valence-electron chi connectivity index (χ4n) is 2.80. The SMILES string of the molecule is Cc1cn2c(n1)CCC(NC(=O)c1ccc(C)n1C)C2. The first-order valence-corrected chi connectivity index (χ1v) is 7.00. The zero-order chi connectivity index (χ0) is 14.3. The molecule has 20 heavy (non-hydrogen) atoms. The third kappa shape index (κ3) is 2.24. The Kier molecular flexibility index (Phi) is 3.12.